The number of nitrogens with zero attached hydrogens (tertiary/aromatic N) is 3. The van der Waals surface area contributed by atoms with E-state index in [0.29, 0.717) is 30.2 Å². The van der Waals surface area contributed by atoms with Gasteiger partial charge in [-0.15, -0.1) is 5.10 Å². The highest BCUT2D eigenvalue weighted by Crippen LogP contribution is 2.37. The van der Waals surface area contributed by atoms with Gasteiger partial charge < -0.3 is 23.7 Å². The van der Waals surface area contributed by atoms with Crippen molar-refractivity contribution in [3.05, 3.63) is 60.4 Å². The number of hydrogen-bond donors (Lipinski definition) is 1. The van der Waals surface area contributed by atoms with Gasteiger partial charge in [0, 0.05) is 32.9 Å². The first-order valence-electron chi connectivity index (χ1n) is 12.9. The predicted molar refractivity (Wildman–Crippen MR) is 138 cm³/mol. The van der Waals surface area contributed by atoms with Crippen molar-refractivity contribution in [2.75, 3.05) is 20.8 Å². The van der Waals surface area contributed by atoms with Crippen LogP contribution in [0.4, 0.5) is 22.0 Å². The SMILES string of the molecule is CCO[C@@H]1[C@H](OC)[C@H](ONCc2ccc(-c3ncn(-c4ccc(OC(F)(F)C(F)(F)F)cc4)n3)cc2)O[C@@H](C)[C@@H]1OC. The van der Waals surface area contributed by atoms with Crippen molar-refractivity contribution in [2.24, 2.45) is 0 Å². The molecule has 5 atom stereocenters. The van der Waals surface area contributed by atoms with E-state index >= 15 is 0 Å². The van der Waals surface area contributed by atoms with Crippen LogP contribution in [-0.2, 0) is 30.3 Å². The Kier molecular flexibility index (Phi) is 10.1. The highest BCUT2D eigenvalue weighted by Gasteiger charge is 2.61. The third kappa shape index (κ3) is 7.22. The van der Waals surface area contributed by atoms with E-state index < -0.39 is 30.4 Å². The van der Waals surface area contributed by atoms with Crippen molar-refractivity contribution < 1.29 is 50.5 Å². The third-order valence-electron chi connectivity index (χ3n) is 6.49. The molecule has 0 saturated carbocycles. The molecule has 10 nitrogen and oxygen atoms in total. The normalized spacial score (nSPS) is 23.2. The summed E-state index contributed by atoms with van der Waals surface area (Å²) in [7, 11) is 3.15. The molecule has 0 amide bonds. The van der Waals surface area contributed by atoms with Gasteiger partial charge in [0.2, 0.25) is 6.29 Å². The first-order valence-corrected chi connectivity index (χ1v) is 12.9. The Labute approximate surface area is 238 Å². The summed E-state index contributed by atoms with van der Waals surface area (Å²) in [4.78, 5) is 10.0. The van der Waals surface area contributed by atoms with Crippen LogP contribution in [0.15, 0.2) is 54.9 Å². The predicted octanol–water partition coefficient (Wildman–Crippen LogP) is 4.67. The van der Waals surface area contributed by atoms with E-state index in [0.717, 1.165) is 17.7 Å². The molecule has 1 aliphatic heterocycles. The standard InChI is InChI=1S/C27H31F5N4O6/c1-5-39-22-21(37-3)16(2)40-25(23(22)38-4)42-34-14-17-6-8-18(9-7-17)24-33-15-36(35-24)19-10-12-20(13-11-19)41-27(31,32)26(28,29)30/h6-13,15-16,21-23,25,34H,5,14H2,1-4H3/t16-,21-,22-,23-,25-/m0/s1. The van der Waals surface area contributed by atoms with E-state index in [1.165, 1.54) is 23.1 Å². The molecule has 1 aromatic heterocycles. The fraction of sp³-hybridized carbons (Fsp3) is 0.481. The van der Waals surface area contributed by atoms with Gasteiger partial charge >= 0.3 is 12.3 Å². The minimum atomic E-state index is -5.83. The number of aromatic nitrogens is 3. The van der Waals surface area contributed by atoms with Crippen LogP contribution in [0.25, 0.3) is 17.1 Å². The zero-order valence-electron chi connectivity index (χ0n) is 23.2. The van der Waals surface area contributed by atoms with Crippen LogP contribution in [0.3, 0.4) is 0 Å². The van der Waals surface area contributed by atoms with Gasteiger partial charge in [0.1, 0.15) is 30.4 Å². The monoisotopic (exact) mass is 602 g/mol. The number of alkyl halides is 5. The van der Waals surface area contributed by atoms with Gasteiger partial charge in [-0.3, -0.25) is 4.84 Å². The minimum absolute atomic E-state index is 0.290. The highest BCUT2D eigenvalue weighted by atomic mass is 19.4. The van der Waals surface area contributed by atoms with E-state index in [1.807, 2.05) is 26.0 Å². The molecule has 2 heterocycles. The number of methoxy groups -OCH3 is 2. The summed E-state index contributed by atoms with van der Waals surface area (Å²) < 4.78 is 91.4. The molecular formula is C27H31F5N4O6. The van der Waals surface area contributed by atoms with Crippen LogP contribution in [0.1, 0.15) is 19.4 Å². The summed E-state index contributed by atoms with van der Waals surface area (Å²) in [5.41, 5.74) is 4.87. The zero-order valence-corrected chi connectivity index (χ0v) is 23.2. The molecule has 15 heteroatoms. The van der Waals surface area contributed by atoms with Crippen molar-refractivity contribution in [3.63, 3.8) is 0 Å². The number of hydrogen-bond acceptors (Lipinski definition) is 9. The lowest BCUT2D eigenvalue weighted by molar-refractivity contribution is -0.360. The molecule has 0 aliphatic carbocycles. The molecule has 0 radical (unpaired) electrons. The number of benzene rings is 2. The average Bonchev–Trinajstić information content (AvgIpc) is 3.44. The third-order valence-corrected chi connectivity index (χ3v) is 6.49. The zero-order chi connectivity index (χ0) is 30.5. The number of hydroxylamine groups is 1. The van der Waals surface area contributed by atoms with Crippen molar-refractivity contribution in [1.82, 2.24) is 20.2 Å². The van der Waals surface area contributed by atoms with Crippen LogP contribution in [0, 0.1) is 0 Å². The maximum absolute atomic E-state index is 13.1. The van der Waals surface area contributed by atoms with Gasteiger partial charge in [-0.25, -0.2) is 9.67 Å². The lowest BCUT2D eigenvalue weighted by atomic mass is 9.99. The molecule has 230 valence electrons. The molecule has 4 rings (SSSR count). The Morgan fingerprint density at radius 2 is 1.60 bits per heavy atom. The molecule has 1 fully saturated rings. The number of halogens is 5. The van der Waals surface area contributed by atoms with E-state index in [2.05, 4.69) is 20.3 Å². The Morgan fingerprint density at radius 1 is 0.929 bits per heavy atom. The summed E-state index contributed by atoms with van der Waals surface area (Å²) in [5, 5.41) is 4.35. The second kappa shape index (κ2) is 13.4. The summed E-state index contributed by atoms with van der Waals surface area (Å²) in [6, 6.07) is 11.8. The second-order valence-corrected chi connectivity index (χ2v) is 9.29. The van der Waals surface area contributed by atoms with Crippen LogP contribution in [0.2, 0.25) is 0 Å². The van der Waals surface area contributed by atoms with Crippen molar-refractivity contribution in [2.45, 2.75) is 63.4 Å². The maximum Gasteiger partial charge on any atom is 0.499 e. The van der Waals surface area contributed by atoms with Gasteiger partial charge in [0.15, 0.2) is 5.82 Å². The summed E-state index contributed by atoms with van der Waals surface area (Å²) >= 11 is 0. The Balaban J connectivity index is 1.33. The van der Waals surface area contributed by atoms with Crippen LogP contribution in [-0.4, -0.2) is 78.6 Å². The smallest absolute Gasteiger partial charge is 0.426 e. The van der Waals surface area contributed by atoms with Crippen molar-refractivity contribution >= 4 is 0 Å². The quantitative estimate of drug-likeness (QED) is 0.234. The first-order chi connectivity index (χ1) is 20.0. The first kappa shape index (κ1) is 31.7. The summed E-state index contributed by atoms with van der Waals surface area (Å²) in [6.45, 7) is 4.59. The molecule has 2 aromatic carbocycles. The maximum atomic E-state index is 13.1. The van der Waals surface area contributed by atoms with Gasteiger partial charge in [-0.2, -0.15) is 27.4 Å². The van der Waals surface area contributed by atoms with Crippen LogP contribution < -0.4 is 10.2 Å². The fourth-order valence-electron chi connectivity index (χ4n) is 4.39. The number of ether oxygens (including phenoxy) is 5. The molecule has 42 heavy (non-hydrogen) atoms. The molecule has 3 aromatic rings. The highest BCUT2D eigenvalue weighted by molar-refractivity contribution is 5.55. The van der Waals surface area contributed by atoms with Gasteiger partial charge in [-0.05, 0) is 43.7 Å². The second-order valence-electron chi connectivity index (χ2n) is 9.29. The van der Waals surface area contributed by atoms with Gasteiger partial charge in [0.25, 0.3) is 0 Å². The number of nitrogens with one attached hydrogen (secondary N) is 1. The van der Waals surface area contributed by atoms with Crippen molar-refractivity contribution in [3.8, 4) is 22.8 Å². The summed E-state index contributed by atoms with van der Waals surface area (Å²) in [6.07, 6.45) is -12.0. The molecule has 0 bridgehead atoms. The average molecular weight is 603 g/mol. The number of rotatable bonds is 12. The van der Waals surface area contributed by atoms with Crippen molar-refractivity contribution in [1.29, 1.82) is 0 Å². The van der Waals surface area contributed by atoms with Crippen LogP contribution in [0.5, 0.6) is 5.75 Å². The Bertz CT molecular complexity index is 1280. The Morgan fingerprint density at radius 3 is 2.19 bits per heavy atom. The van der Waals surface area contributed by atoms with Crippen LogP contribution >= 0.6 is 0 Å². The summed E-state index contributed by atoms with van der Waals surface area (Å²) in [5.74, 6) is -0.276. The molecular weight excluding hydrogens is 571 g/mol. The molecule has 1 aliphatic rings. The van der Waals surface area contributed by atoms with E-state index in [9.17, 15) is 22.0 Å². The molecule has 0 spiro atoms. The lowest BCUT2D eigenvalue weighted by Gasteiger charge is -2.43. The Hall–Kier alpha value is -3.21. The van der Waals surface area contributed by atoms with E-state index in [1.54, 1.807) is 26.4 Å². The van der Waals surface area contributed by atoms with E-state index in [-0.39, 0.29) is 18.3 Å². The lowest BCUT2D eigenvalue weighted by Crippen LogP contribution is -2.60. The topological polar surface area (TPSA) is 98.1 Å². The molecule has 1 N–H and O–H groups in total. The largest absolute Gasteiger partial charge is 0.499 e. The minimum Gasteiger partial charge on any atom is -0.426 e. The molecule has 0 unspecified atom stereocenters. The fourth-order valence-corrected chi connectivity index (χ4v) is 4.39. The van der Waals surface area contributed by atoms with E-state index in [4.69, 9.17) is 23.8 Å². The van der Waals surface area contributed by atoms with Gasteiger partial charge in [0.05, 0.1) is 11.8 Å². The van der Waals surface area contributed by atoms with Gasteiger partial charge in [-0.1, -0.05) is 24.3 Å². The molecule has 1 saturated heterocycles.